The number of hydrogen-bond donors (Lipinski definition) is 1. The van der Waals surface area contributed by atoms with E-state index in [-0.39, 0.29) is 24.0 Å². The molecule has 3 aromatic carbocycles. The molecule has 0 aliphatic rings. The third-order valence-corrected chi connectivity index (χ3v) is 6.26. The molecule has 1 N–H and O–H groups in total. The molecule has 0 atom stereocenters. The molecule has 10 nitrogen and oxygen atoms in total. The lowest BCUT2D eigenvalue weighted by atomic mass is 10.1. The number of nitro groups is 1. The monoisotopic (exact) mass is 528 g/mol. The van der Waals surface area contributed by atoms with Gasteiger partial charge in [-0.25, -0.2) is 4.79 Å². The van der Waals surface area contributed by atoms with Gasteiger partial charge in [0.1, 0.15) is 6.61 Å². The van der Waals surface area contributed by atoms with Gasteiger partial charge in [-0.2, -0.15) is 5.10 Å². The average molecular weight is 529 g/mol. The number of nitrogens with zero attached hydrogens (tertiary/aromatic N) is 3. The Morgan fingerprint density at radius 3 is 2.54 bits per heavy atom. The first kappa shape index (κ1) is 27.1. The highest BCUT2D eigenvalue weighted by Gasteiger charge is 2.19. The lowest BCUT2D eigenvalue weighted by Gasteiger charge is -2.11. The van der Waals surface area contributed by atoms with Crippen molar-refractivity contribution in [3.63, 3.8) is 0 Å². The molecule has 0 spiro atoms. The predicted octanol–water partition coefficient (Wildman–Crippen LogP) is 5.38. The fraction of sp³-hybridized carbons (Fsp3) is 0.207. The van der Waals surface area contributed by atoms with Crippen molar-refractivity contribution < 1.29 is 24.0 Å². The summed E-state index contributed by atoms with van der Waals surface area (Å²) in [6.07, 6.45) is 0. The Balaban J connectivity index is 1.49. The molecule has 39 heavy (non-hydrogen) atoms. The van der Waals surface area contributed by atoms with Gasteiger partial charge in [-0.3, -0.25) is 19.6 Å². The Morgan fingerprint density at radius 1 is 1.03 bits per heavy atom. The van der Waals surface area contributed by atoms with Gasteiger partial charge < -0.3 is 14.8 Å². The van der Waals surface area contributed by atoms with Gasteiger partial charge in [0.2, 0.25) is 0 Å². The molecule has 200 valence electrons. The van der Waals surface area contributed by atoms with E-state index in [0.717, 1.165) is 16.8 Å². The number of methoxy groups -OCH3 is 1. The normalized spacial score (nSPS) is 10.7. The van der Waals surface area contributed by atoms with Crippen LogP contribution in [0.5, 0.6) is 5.75 Å². The molecule has 0 aliphatic carbocycles. The number of nitro benzene ring substituents is 1. The number of rotatable bonds is 9. The molecule has 0 aliphatic heterocycles. The number of amides is 1. The summed E-state index contributed by atoms with van der Waals surface area (Å²) in [5.41, 5.74) is 4.86. The molecule has 1 aromatic heterocycles. The van der Waals surface area contributed by atoms with Crippen molar-refractivity contribution in [1.29, 1.82) is 0 Å². The molecule has 4 aromatic rings. The van der Waals surface area contributed by atoms with Crippen molar-refractivity contribution in [2.45, 2.75) is 33.9 Å². The van der Waals surface area contributed by atoms with E-state index >= 15 is 0 Å². The standard InChI is InChI=1S/C29H28N4O6/c1-18-12-13-26(25(14-18)33(36)37)39-17-21-8-7-10-22(15-21)28(34)30-27-19(2)31-32(20(27)3)16-23-9-5-6-11-24(23)29(35)38-4/h5-15H,16-17H2,1-4H3,(H,30,34). The highest BCUT2D eigenvalue weighted by molar-refractivity contribution is 6.05. The van der Waals surface area contributed by atoms with E-state index in [1.807, 2.05) is 19.1 Å². The topological polar surface area (TPSA) is 126 Å². The molecule has 4 rings (SSSR count). The first-order valence-electron chi connectivity index (χ1n) is 12.2. The minimum absolute atomic E-state index is 0.0562. The highest BCUT2D eigenvalue weighted by atomic mass is 16.6. The Kier molecular flexibility index (Phi) is 8.04. The van der Waals surface area contributed by atoms with Crippen LogP contribution < -0.4 is 10.1 Å². The van der Waals surface area contributed by atoms with Crippen LogP contribution in [0.3, 0.4) is 0 Å². The molecule has 1 amide bonds. The van der Waals surface area contributed by atoms with E-state index in [0.29, 0.717) is 34.6 Å². The van der Waals surface area contributed by atoms with E-state index in [1.165, 1.54) is 13.2 Å². The van der Waals surface area contributed by atoms with Crippen LogP contribution in [0, 0.1) is 30.9 Å². The van der Waals surface area contributed by atoms with E-state index < -0.39 is 10.9 Å². The van der Waals surface area contributed by atoms with Crippen LogP contribution in [0.25, 0.3) is 0 Å². The molecule has 0 radical (unpaired) electrons. The number of ether oxygens (including phenoxy) is 2. The van der Waals surface area contributed by atoms with Crippen molar-refractivity contribution in [3.8, 4) is 5.75 Å². The van der Waals surface area contributed by atoms with Crippen LogP contribution in [0.4, 0.5) is 11.4 Å². The maximum Gasteiger partial charge on any atom is 0.338 e. The lowest BCUT2D eigenvalue weighted by Crippen LogP contribution is -2.14. The third-order valence-electron chi connectivity index (χ3n) is 6.26. The number of carbonyl (C=O) groups excluding carboxylic acids is 2. The summed E-state index contributed by atoms with van der Waals surface area (Å²) in [7, 11) is 1.34. The summed E-state index contributed by atoms with van der Waals surface area (Å²) in [5.74, 6) is -0.603. The smallest absolute Gasteiger partial charge is 0.338 e. The molecular weight excluding hydrogens is 500 g/mol. The molecular formula is C29H28N4O6. The van der Waals surface area contributed by atoms with Crippen LogP contribution in [0.1, 0.15) is 48.8 Å². The number of hydrogen-bond acceptors (Lipinski definition) is 7. The van der Waals surface area contributed by atoms with Crippen molar-refractivity contribution in [3.05, 3.63) is 116 Å². The Hall–Kier alpha value is -4.99. The van der Waals surface area contributed by atoms with Crippen molar-refractivity contribution >= 4 is 23.3 Å². The van der Waals surface area contributed by atoms with Crippen molar-refractivity contribution in [2.24, 2.45) is 0 Å². The summed E-state index contributed by atoms with van der Waals surface area (Å²) in [6, 6.07) is 18.8. The maximum absolute atomic E-state index is 13.1. The Bertz CT molecular complexity index is 1560. The van der Waals surface area contributed by atoms with Gasteiger partial charge in [-0.15, -0.1) is 0 Å². The second-order valence-electron chi connectivity index (χ2n) is 9.02. The fourth-order valence-corrected chi connectivity index (χ4v) is 4.20. The predicted molar refractivity (Wildman–Crippen MR) is 145 cm³/mol. The minimum Gasteiger partial charge on any atom is -0.482 e. The van der Waals surface area contributed by atoms with Crippen LogP contribution in [0.2, 0.25) is 0 Å². The lowest BCUT2D eigenvalue weighted by molar-refractivity contribution is -0.386. The zero-order valence-electron chi connectivity index (χ0n) is 22.1. The largest absolute Gasteiger partial charge is 0.482 e. The molecule has 0 unspecified atom stereocenters. The molecule has 0 saturated carbocycles. The van der Waals surface area contributed by atoms with Crippen LogP contribution in [-0.2, 0) is 17.9 Å². The average Bonchev–Trinajstić information content (AvgIpc) is 3.19. The van der Waals surface area contributed by atoms with Crippen molar-refractivity contribution in [1.82, 2.24) is 9.78 Å². The van der Waals surface area contributed by atoms with Gasteiger partial charge in [0.25, 0.3) is 5.91 Å². The second kappa shape index (κ2) is 11.6. The van der Waals surface area contributed by atoms with Crippen LogP contribution in [-0.4, -0.2) is 33.7 Å². The van der Waals surface area contributed by atoms with E-state index in [1.54, 1.807) is 67.1 Å². The number of carbonyl (C=O) groups is 2. The van der Waals surface area contributed by atoms with Gasteiger partial charge in [0.05, 0.1) is 41.2 Å². The first-order chi connectivity index (χ1) is 18.7. The molecule has 0 saturated heterocycles. The zero-order chi connectivity index (χ0) is 28.1. The van der Waals surface area contributed by atoms with Crippen LogP contribution >= 0.6 is 0 Å². The van der Waals surface area contributed by atoms with Crippen molar-refractivity contribution in [2.75, 3.05) is 12.4 Å². The van der Waals surface area contributed by atoms with Gasteiger partial charge in [-0.05, 0) is 61.7 Å². The summed E-state index contributed by atoms with van der Waals surface area (Å²) < 4.78 is 12.3. The van der Waals surface area contributed by atoms with Gasteiger partial charge in [0.15, 0.2) is 5.75 Å². The number of nitrogens with one attached hydrogen (secondary N) is 1. The van der Waals surface area contributed by atoms with Gasteiger partial charge in [0, 0.05) is 11.6 Å². The summed E-state index contributed by atoms with van der Waals surface area (Å²) in [6.45, 7) is 5.79. The first-order valence-corrected chi connectivity index (χ1v) is 12.2. The maximum atomic E-state index is 13.1. The molecule has 0 fully saturated rings. The number of aryl methyl sites for hydroxylation is 2. The quantitative estimate of drug-likeness (QED) is 0.176. The van der Waals surface area contributed by atoms with Crippen LogP contribution in [0.15, 0.2) is 66.7 Å². The van der Waals surface area contributed by atoms with E-state index in [2.05, 4.69) is 10.4 Å². The Morgan fingerprint density at radius 2 is 1.79 bits per heavy atom. The second-order valence-corrected chi connectivity index (χ2v) is 9.02. The van der Waals surface area contributed by atoms with E-state index in [9.17, 15) is 19.7 Å². The van der Waals surface area contributed by atoms with E-state index in [4.69, 9.17) is 9.47 Å². The molecule has 10 heteroatoms. The molecule has 0 bridgehead atoms. The van der Waals surface area contributed by atoms with Gasteiger partial charge >= 0.3 is 11.7 Å². The number of benzene rings is 3. The third kappa shape index (κ3) is 6.12. The van der Waals surface area contributed by atoms with Gasteiger partial charge in [-0.1, -0.05) is 36.4 Å². The summed E-state index contributed by atoms with van der Waals surface area (Å²) in [4.78, 5) is 36.2. The molecule has 1 heterocycles. The zero-order valence-corrected chi connectivity index (χ0v) is 22.1. The highest BCUT2D eigenvalue weighted by Crippen LogP contribution is 2.29. The summed E-state index contributed by atoms with van der Waals surface area (Å²) in [5, 5.41) is 18.9. The number of anilines is 1. The Labute approximate surface area is 225 Å². The summed E-state index contributed by atoms with van der Waals surface area (Å²) >= 11 is 0. The number of esters is 1. The minimum atomic E-state index is -0.481. The fourth-order valence-electron chi connectivity index (χ4n) is 4.20. The number of aromatic nitrogens is 2. The SMILES string of the molecule is COC(=O)c1ccccc1Cn1nc(C)c(NC(=O)c2cccc(COc3ccc(C)cc3[N+](=O)[O-])c2)c1C.